The molecular formula is C20H21N5O2S. The summed E-state index contributed by atoms with van der Waals surface area (Å²) in [5.41, 5.74) is 1.16. The van der Waals surface area contributed by atoms with Crippen LogP contribution in [0, 0.1) is 0 Å². The Kier molecular flexibility index (Phi) is 5.57. The van der Waals surface area contributed by atoms with Crippen molar-refractivity contribution in [3.05, 3.63) is 66.0 Å². The van der Waals surface area contributed by atoms with E-state index in [4.69, 9.17) is 8.94 Å². The highest BCUT2D eigenvalue weighted by atomic mass is 32.2. The van der Waals surface area contributed by atoms with Gasteiger partial charge in [0.2, 0.25) is 11.7 Å². The molecule has 0 aliphatic rings. The minimum atomic E-state index is -0.0405. The van der Waals surface area contributed by atoms with E-state index in [2.05, 4.69) is 44.0 Å². The summed E-state index contributed by atoms with van der Waals surface area (Å²) >= 11 is 1.54. The van der Waals surface area contributed by atoms with Crippen LogP contribution in [-0.4, -0.2) is 24.9 Å². The van der Waals surface area contributed by atoms with E-state index in [1.165, 1.54) is 0 Å². The highest BCUT2D eigenvalue weighted by Gasteiger charge is 2.22. The molecule has 0 N–H and O–H groups in total. The van der Waals surface area contributed by atoms with Crippen molar-refractivity contribution in [3.8, 4) is 11.6 Å². The minimum absolute atomic E-state index is 0.0405. The summed E-state index contributed by atoms with van der Waals surface area (Å²) in [7, 11) is 0. The molecule has 0 fully saturated rings. The van der Waals surface area contributed by atoms with Gasteiger partial charge in [0.15, 0.2) is 16.7 Å². The Balaban J connectivity index is 1.62. The van der Waals surface area contributed by atoms with Crippen LogP contribution in [0.25, 0.3) is 11.6 Å². The molecule has 4 aromatic rings. The van der Waals surface area contributed by atoms with Crippen LogP contribution in [0.3, 0.4) is 0 Å². The normalized spacial score (nSPS) is 12.4. The Bertz CT molecular complexity index is 1010. The van der Waals surface area contributed by atoms with E-state index in [-0.39, 0.29) is 5.25 Å². The molecule has 0 unspecified atom stereocenters. The Labute approximate surface area is 167 Å². The molecule has 0 spiro atoms. The molecule has 0 aliphatic carbocycles. The molecule has 0 aliphatic heterocycles. The first-order valence-electron chi connectivity index (χ1n) is 9.24. The summed E-state index contributed by atoms with van der Waals surface area (Å²) in [5.74, 6) is 2.72. The van der Waals surface area contributed by atoms with Gasteiger partial charge in [-0.25, -0.2) is 0 Å². The topological polar surface area (TPSA) is 82.8 Å². The Hall–Kier alpha value is -2.87. The van der Waals surface area contributed by atoms with E-state index in [1.807, 2.05) is 37.3 Å². The number of aromatic nitrogens is 5. The minimum Gasteiger partial charge on any atom is -0.461 e. The van der Waals surface area contributed by atoms with Crippen LogP contribution in [0.15, 0.2) is 62.8 Å². The lowest BCUT2D eigenvalue weighted by Gasteiger charge is -2.11. The molecule has 8 heteroatoms. The molecule has 144 valence electrons. The van der Waals surface area contributed by atoms with E-state index < -0.39 is 0 Å². The zero-order valence-corrected chi connectivity index (χ0v) is 16.6. The fourth-order valence-corrected chi connectivity index (χ4v) is 3.72. The van der Waals surface area contributed by atoms with Crippen molar-refractivity contribution in [1.29, 1.82) is 0 Å². The monoisotopic (exact) mass is 395 g/mol. The molecule has 1 atom stereocenters. The smallest absolute Gasteiger partial charge is 0.239 e. The van der Waals surface area contributed by atoms with Crippen molar-refractivity contribution >= 4 is 11.8 Å². The molecule has 3 aromatic heterocycles. The molecule has 7 nitrogen and oxygen atoms in total. The number of thioether (sulfide) groups is 1. The second-order valence-electron chi connectivity index (χ2n) is 6.41. The van der Waals surface area contributed by atoms with Crippen molar-refractivity contribution < 1.29 is 8.94 Å². The number of nitrogens with zero attached hydrogens (tertiary/aromatic N) is 5. The fourth-order valence-electron chi connectivity index (χ4n) is 2.84. The van der Waals surface area contributed by atoms with Gasteiger partial charge in [0.1, 0.15) is 0 Å². The summed E-state index contributed by atoms with van der Waals surface area (Å²) in [4.78, 5) is 4.49. The van der Waals surface area contributed by atoms with Gasteiger partial charge in [-0.15, -0.1) is 10.2 Å². The van der Waals surface area contributed by atoms with E-state index in [1.54, 1.807) is 18.0 Å². The summed E-state index contributed by atoms with van der Waals surface area (Å²) < 4.78 is 13.0. The van der Waals surface area contributed by atoms with Gasteiger partial charge in [0, 0.05) is 6.42 Å². The first-order valence-corrected chi connectivity index (χ1v) is 10.1. The SMILES string of the molecule is CCCc1noc([C@@H](C)Sc2nnc(-c3ccco3)n2Cc2ccccc2)n1. The lowest BCUT2D eigenvalue weighted by atomic mass is 10.2. The maximum atomic E-state index is 5.56. The number of furan rings is 1. The Morgan fingerprint density at radius 3 is 2.71 bits per heavy atom. The fraction of sp³-hybridized carbons (Fsp3) is 0.300. The summed E-state index contributed by atoms with van der Waals surface area (Å²) in [6.07, 6.45) is 3.44. The van der Waals surface area contributed by atoms with Crippen molar-refractivity contribution in [2.75, 3.05) is 0 Å². The van der Waals surface area contributed by atoms with E-state index >= 15 is 0 Å². The predicted molar refractivity (Wildman–Crippen MR) is 106 cm³/mol. The lowest BCUT2D eigenvalue weighted by Crippen LogP contribution is -2.04. The Morgan fingerprint density at radius 2 is 1.96 bits per heavy atom. The zero-order valence-electron chi connectivity index (χ0n) is 15.8. The average molecular weight is 395 g/mol. The quantitative estimate of drug-likeness (QED) is 0.397. The van der Waals surface area contributed by atoms with Gasteiger partial charge >= 0.3 is 0 Å². The van der Waals surface area contributed by atoms with Crippen LogP contribution in [0.1, 0.15) is 42.8 Å². The highest BCUT2D eigenvalue weighted by molar-refractivity contribution is 7.99. The second-order valence-corrected chi connectivity index (χ2v) is 7.72. The number of benzene rings is 1. The third-order valence-electron chi connectivity index (χ3n) is 4.23. The van der Waals surface area contributed by atoms with Gasteiger partial charge in [-0.1, -0.05) is 54.2 Å². The van der Waals surface area contributed by atoms with Gasteiger partial charge in [-0.3, -0.25) is 4.57 Å². The standard InChI is InChI=1S/C20H21N5O2S/c1-3-8-17-21-19(27-24-17)14(2)28-20-23-22-18(16-11-7-12-26-16)25(20)13-15-9-5-4-6-10-15/h4-7,9-12,14H,3,8,13H2,1-2H3/t14-/m1/s1. The van der Waals surface area contributed by atoms with E-state index in [9.17, 15) is 0 Å². The van der Waals surface area contributed by atoms with Crippen molar-refractivity contribution in [1.82, 2.24) is 24.9 Å². The third-order valence-corrected chi connectivity index (χ3v) is 5.30. The Morgan fingerprint density at radius 1 is 1.11 bits per heavy atom. The third kappa shape index (κ3) is 4.01. The largest absolute Gasteiger partial charge is 0.461 e. The van der Waals surface area contributed by atoms with Crippen LogP contribution in [0.4, 0.5) is 0 Å². The lowest BCUT2D eigenvalue weighted by molar-refractivity contribution is 0.374. The first-order chi connectivity index (χ1) is 13.7. The van der Waals surface area contributed by atoms with Crippen LogP contribution >= 0.6 is 11.8 Å². The van der Waals surface area contributed by atoms with E-state index in [0.717, 1.165) is 29.4 Å². The van der Waals surface area contributed by atoms with Crippen LogP contribution < -0.4 is 0 Å². The average Bonchev–Trinajstić information content (AvgIpc) is 3.45. The maximum Gasteiger partial charge on any atom is 0.239 e. The molecule has 0 amide bonds. The van der Waals surface area contributed by atoms with Crippen LogP contribution in [-0.2, 0) is 13.0 Å². The van der Waals surface area contributed by atoms with Gasteiger partial charge in [-0.05, 0) is 31.0 Å². The zero-order chi connectivity index (χ0) is 19.3. The van der Waals surface area contributed by atoms with Gasteiger partial charge in [-0.2, -0.15) is 4.98 Å². The van der Waals surface area contributed by atoms with E-state index in [0.29, 0.717) is 24.0 Å². The number of hydrogen-bond acceptors (Lipinski definition) is 7. The van der Waals surface area contributed by atoms with Gasteiger partial charge in [0.25, 0.3) is 0 Å². The molecule has 1 aromatic carbocycles. The summed E-state index contributed by atoms with van der Waals surface area (Å²) in [5, 5.41) is 13.6. The summed E-state index contributed by atoms with van der Waals surface area (Å²) in [6.45, 7) is 4.77. The molecule has 0 radical (unpaired) electrons. The van der Waals surface area contributed by atoms with Gasteiger partial charge < -0.3 is 8.94 Å². The molecule has 4 rings (SSSR count). The molecule has 28 heavy (non-hydrogen) atoms. The first kappa shape index (κ1) is 18.5. The molecular weight excluding hydrogens is 374 g/mol. The van der Waals surface area contributed by atoms with Crippen molar-refractivity contribution in [2.45, 2.75) is 43.6 Å². The maximum absolute atomic E-state index is 5.56. The van der Waals surface area contributed by atoms with Crippen molar-refractivity contribution in [2.24, 2.45) is 0 Å². The van der Waals surface area contributed by atoms with Crippen LogP contribution in [0.5, 0.6) is 0 Å². The highest BCUT2D eigenvalue weighted by Crippen LogP contribution is 2.35. The summed E-state index contributed by atoms with van der Waals surface area (Å²) in [6, 6.07) is 13.9. The number of rotatable bonds is 8. The molecule has 0 saturated heterocycles. The molecule has 0 bridgehead atoms. The van der Waals surface area contributed by atoms with Crippen LogP contribution in [0.2, 0.25) is 0 Å². The number of hydrogen-bond donors (Lipinski definition) is 0. The predicted octanol–water partition coefficient (Wildman–Crippen LogP) is 4.78. The molecule has 3 heterocycles. The number of aryl methyl sites for hydroxylation is 1. The second kappa shape index (κ2) is 8.43. The van der Waals surface area contributed by atoms with Crippen molar-refractivity contribution in [3.63, 3.8) is 0 Å². The molecule has 0 saturated carbocycles. The van der Waals surface area contributed by atoms with Gasteiger partial charge in [0.05, 0.1) is 18.1 Å².